The van der Waals surface area contributed by atoms with E-state index >= 15 is 0 Å². The molecule has 4 nitrogen and oxygen atoms in total. The molecule has 3 aromatic carbocycles. The van der Waals surface area contributed by atoms with Crippen molar-refractivity contribution in [2.45, 2.75) is 6.92 Å². The molecule has 120 valence electrons. The second-order valence-electron chi connectivity index (χ2n) is 5.39. The van der Waals surface area contributed by atoms with E-state index in [4.69, 9.17) is 0 Å². The lowest BCUT2D eigenvalue weighted by Crippen LogP contribution is -2.14. The van der Waals surface area contributed by atoms with Crippen molar-refractivity contribution in [1.82, 2.24) is 0 Å². The quantitative estimate of drug-likeness (QED) is 0.759. The predicted octanol–water partition coefficient (Wildman–Crippen LogP) is 4.19. The number of benzene rings is 3. The summed E-state index contributed by atoms with van der Waals surface area (Å²) in [6.07, 6.45) is 0. The van der Waals surface area contributed by atoms with E-state index in [9.17, 15) is 14.0 Å². The van der Waals surface area contributed by atoms with Crippen molar-refractivity contribution >= 4 is 34.0 Å². The Hall–Kier alpha value is -3.21. The number of fused-ring (bicyclic) bond motifs is 1. The molecule has 0 aromatic heterocycles. The first-order chi connectivity index (χ1) is 11.5. The standard InChI is InChI=1S/C19H15FN2O2/c1-12(23)21-16-8-9-17(20)18(11-16)22-19(24)15-7-6-13-4-2-3-5-14(13)10-15/h2-11H,1H3,(H,21,23)(H,22,24). The van der Waals surface area contributed by atoms with Crippen LogP contribution in [0.1, 0.15) is 17.3 Å². The third-order valence-electron chi connectivity index (χ3n) is 3.55. The first kappa shape index (κ1) is 15.7. The molecule has 5 heteroatoms. The zero-order valence-electron chi connectivity index (χ0n) is 13.0. The molecule has 2 amide bonds. The highest BCUT2D eigenvalue weighted by Gasteiger charge is 2.11. The SMILES string of the molecule is CC(=O)Nc1ccc(F)c(NC(=O)c2ccc3ccccc3c2)c1. The number of amides is 2. The van der Waals surface area contributed by atoms with Gasteiger partial charge in [0.05, 0.1) is 5.69 Å². The molecule has 0 aliphatic heterocycles. The molecule has 0 saturated heterocycles. The van der Waals surface area contributed by atoms with Crippen molar-refractivity contribution in [1.29, 1.82) is 0 Å². The van der Waals surface area contributed by atoms with Crippen LogP contribution in [-0.2, 0) is 4.79 Å². The van der Waals surface area contributed by atoms with Crippen LogP contribution in [0.4, 0.5) is 15.8 Å². The Balaban J connectivity index is 1.86. The van der Waals surface area contributed by atoms with Gasteiger partial charge in [-0.05, 0) is 41.1 Å². The lowest BCUT2D eigenvalue weighted by atomic mass is 10.1. The zero-order valence-corrected chi connectivity index (χ0v) is 13.0. The highest BCUT2D eigenvalue weighted by Crippen LogP contribution is 2.21. The average Bonchev–Trinajstić information content (AvgIpc) is 2.57. The summed E-state index contributed by atoms with van der Waals surface area (Å²) >= 11 is 0. The molecule has 0 radical (unpaired) electrons. The van der Waals surface area contributed by atoms with Crippen molar-refractivity contribution in [3.05, 3.63) is 72.0 Å². The minimum absolute atomic E-state index is 0.0133. The first-order valence-electron chi connectivity index (χ1n) is 7.40. The van der Waals surface area contributed by atoms with Crippen LogP contribution < -0.4 is 10.6 Å². The summed E-state index contributed by atoms with van der Waals surface area (Å²) in [4.78, 5) is 23.5. The first-order valence-corrected chi connectivity index (χ1v) is 7.40. The predicted molar refractivity (Wildman–Crippen MR) is 92.6 cm³/mol. The fraction of sp³-hybridized carbons (Fsp3) is 0.0526. The number of hydrogen-bond donors (Lipinski definition) is 2. The second kappa shape index (κ2) is 6.50. The summed E-state index contributed by atoms with van der Waals surface area (Å²) in [5.74, 6) is -1.26. The van der Waals surface area contributed by atoms with Crippen LogP contribution in [0, 0.1) is 5.82 Å². The lowest BCUT2D eigenvalue weighted by molar-refractivity contribution is -0.114. The molecular formula is C19H15FN2O2. The largest absolute Gasteiger partial charge is 0.326 e. The van der Waals surface area contributed by atoms with E-state index in [2.05, 4.69) is 10.6 Å². The van der Waals surface area contributed by atoms with Gasteiger partial charge in [-0.1, -0.05) is 30.3 Å². The smallest absolute Gasteiger partial charge is 0.255 e. The van der Waals surface area contributed by atoms with Gasteiger partial charge in [-0.25, -0.2) is 4.39 Å². The minimum atomic E-state index is -0.571. The highest BCUT2D eigenvalue weighted by atomic mass is 19.1. The zero-order chi connectivity index (χ0) is 17.1. The van der Waals surface area contributed by atoms with E-state index in [1.54, 1.807) is 12.1 Å². The third-order valence-corrected chi connectivity index (χ3v) is 3.55. The van der Waals surface area contributed by atoms with E-state index in [0.29, 0.717) is 11.3 Å². The maximum absolute atomic E-state index is 13.9. The van der Waals surface area contributed by atoms with E-state index in [-0.39, 0.29) is 11.6 Å². The van der Waals surface area contributed by atoms with E-state index in [1.807, 2.05) is 30.3 Å². The third kappa shape index (κ3) is 3.41. The van der Waals surface area contributed by atoms with Gasteiger partial charge in [-0.15, -0.1) is 0 Å². The molecule has 0 saturated carbocycles. The number of carbonyl (C=O) groups excluding carboxylic acids is 2. The maximum atomic E-state index is 13.9. The van der Waals surface area contributed by atoms with Gasteiger partial charge in [0, 0.05) is 18.2 Å². The van der Waals surface area contributed by atoms with E-state index in [0.717, 1.165) is 10.8 Å². The van der Waals surface area contributed by atoms with Gasteiger partial charge in [-0.2, -0.15) is 0 Å². The molecule has 0 aliphatic rings. The Morgan fingerprint density at radius 3 is 2.38 bits per heavy atom. The van der Waals surface area contributed by atoms with Gasteiger partial charge in [0.15, 0.2) is 0 Å². The van der Waals surface area contributed by atoms with E-state index in [1.165, 1.54) is 25.1 Å². The summed E-state index contributed by atoms with van der Waals surface area (Å²) in [5.41, 5.74) is 0.857. The molecule has 0 unspecified atom stereocenters. The summed E-state index contributed by atoms with van der Waals surface area (Å²) in [6, 6.07) is 17.0. The number of halogens is 1. The van der Waals surface area contributed by atoms with Crippen LogP contribution in [0.3, 0.4) is 0 Å². The van der Waals surface area contributed by atoms with Crippen LogP contribution >= 0.6 is 0 Å². The van der Waals surface area contributed by atoms with Crippen molar-refractivity contribution < 1.29 is 14.0 Å². The topological polar surface area (TPSA) is 58.2 Å². The Bertz CT molecular complexity index is 938. The van der Waals surface area contributed by atoms with Crippen LogP contribution in [0.2, 0.25) is 0 Å². The monoisotopic (exact) mass is 322 g/mol. The fourth-order valence-corrected chi connectivity index (χ4v) is 2.43. The molecule has 2 N–H and O–H groups in total. The lowest BCUT2D eigenvalue weighted by Gasteiger charge is -2.10. The molecule has 0 spiro atoms. The van der Waals surface area contributed by atoms with Crippen molar-refractivity contribution in [2.24, 2.45) is 0 Å². The molecule has 0 aliphatic carbocycles. The summed E-state index contributed by atoms with van der Waals surface area (Å²) < 4.78 is 13.9. The molecule has 0 heterocycles. The van der Waals surface area contributed by atoms with Gasteiger partial charge < -0.3 is 10.6 Å². The normalized spacial score (nSPS) is 10.4. The summed E-state index contributed by atoms with van der Waals surface area (Å²) in [6.45, 7) is 1.36. The highest BCUT2D eigenvalue weighted by molar-refractivity contribution is 6.06. The van der Waals surface area contributed by atoms with Crippen LogP contribution in [0.15, 0.2) is 60.7 Å². The molecular weight excluding hydrogens is 307 g/mol. The summed E-state index contributed by atoms with van der Waals surface area (Å²) in [7, 11) is 0. The molecule has 0 bridgehead atoms. The maximum Gasteiger partial charge on any atom is 0.255 e. The van der Waals surface area contributed by atoms with Crippen LogP contribution in [0.5, 0.6) is 0 Å². The Morgan fingerprint density at radius 2 is 1.62 bits per heavy atom. The summed E-state index contributed by atoms with van der Waals surface area (Å²) in [5, 5.41) is 7.04. The van der Waals surface area contributed by atoms with Crippen LogP contribution in [0.25, 0.3) is 10.8 Å². The average molecular weight is 322 g/mol. The van der Waals surface area contributed by atoms with Gasteiger partial charge in [-0.3, -0.25) is 9.59 Å². The van der Waals surface area contributed by atoms with E-state index < -0.39 is 11.7 Å². The fourth-order valence-electron chi connectivity index (χ4n) is 2.43. The van der Waals surface area contributed by atoms with Crippen molar-refractivity contribution in [3.63, 3.8) is 0 Å². The van der Waals surface area contributed by atoms with Gasteiger partial charge >= 0.3 is 0 Å². The number of hydrogen-bond acceptors (Lipinski definition) is 2. The molecule has 0 atom stereocenters. The molecule has 0 fully saturated rings. The number of anilines is 2. The van der Waals surface area contributed by atoms with Crippen molar-refractivity contribution in [3.8, 4) is 0 Å². The molecule has 3 aromatic rings. The molecule has 24 heavy (non-hydrogen) atoms. The van der Waals surface area contributed by atoms with Gasteiger partial charge in [0.1, 0.15) is 5.82 Å². The van der Waals surface area contributed by atoms with Gasteiger partial charge in [0.2, 0.25) is 5.91 Å². The Labute approximate surface area is 138 Å². The van der Waals surface area contributed by atoms with Gasteiger partial charge in [0.25, 0.3) is 5.91 Å². The Morgan fingerprint density at radius 1 is 0.875 bits per heavy atom. The van der Waals surface area contributed by atoms with Crippen LogP contribution in [-0.4, -0.2) is 11.8 Å². The second-order valence-corrected chi connectivity index (χ2v) is 5.39. The van der Waals surface area contributed by atoms with Crippen molar-refractivity contribution in [2.75, 3.05) is 10.6 Å². The molecule has 3 rings (SSSR count). The Kier molecular flexibility index (Phi) is 4.24. The number of nitrogens with one attached hydrogen (secondary N) is 2. The number of carbonyl (C=O) groups is 2. The minimum Gasteiger partial charge on any atom is -0.326 e. The number of rotatable bonds is 3.